The van der Waals surface area contributed by atoms with E-state index >= 15 is 0 Å². The van der Waals surface area contributed by atoms with Crippen LogP contribution in [0.5, 0.6) is 0 Å². The topological polar surface area (TPSA) is 112 Å². The Morgan fingerprint density at radius 2 is 1.97 bits per heavy atom. The summed E-state index contributed by atoms with van der Waals surface area (Å²) in [6.45, 7) is 1.21. The van der Waals surface area contributed by atoms with E-state index in [-0.39, 0.29) is 29.3 Å². The fourth-order valence-electron chi connectivity index (χ4n) is 3.36. The lowest BCUT2D eigenvalue weighted by atomic mass is 10.2. The first-order valence-corrected chi connectivity index (χ1v) is 11.0. The monoisotopic (exact) mass is 457 g/mol. The lowest BCUT2D eigenvalue weighted by Gasteiger charge is -2.14. The molecule has 9 nitrogen and oxygen atoms in total. The molecule has 11 heteroatoms. The third kappa shape index (κ3) is 5.29. The van der Waals surface area contributed by atoms with Crippen LogP contribution in [0.3, 0.4) is 0 Å². The molecule has 0 saturated carbocycles. The number of nitrogens with zero attached hydrogens (tertiary/aromatic N) is 4. The van der Waals surface area contributed by atoms with Gasteiger partial charge in [-0.15, -0.1) is 10.2 Å². The summed E-state index contributed by atoms with van der Waals surface area (Å²) in [4.78, 5) is 22.8. The average Bonchev–Trinajstić information content (AvgIpc) is 3.44. The van der Waals surface area contributed by atoms with Crippen molar-refractivity contribution in [3.63, 3.8) is 0 Å². The smallest absolute Gasteiger partial charge is 0.269 e. The fraction of sp³-hybridized carbons (Fsp3) is 0.286. The van der Waals surface area contributed by atoms with Gasteiger partial charge < -0.3 is 10.1 Å². The van der Waals surface area contributed by atoms with E-state index < -0.39 is 4.92 Å². The molecule has 0 bridgehead atoms. The summed E-state index contributed by atoms with van der Waals surface area (Å²) in [6.07, 6.45) is 1.89. The lowest BCUT2D eigenvalue weighted by molar-refractivity contribution is -0.384. The van der Waals surface area contributed by atoms with E-state index in [1.165, 1.54) is 48.2 Å². The molecular weight excluding hydrogens is 437 g/mol. The standard InChI is InChI=1S/C21H20FN5O4S/c22-15-5-7-16(8-6-15)23-19(28)13-32-21-25-24-20(26(21)12-18-2-1-11-31-18)14-3-9-17(10-4-14)27(29)30/h3-10,18H,1-2,11-13H2,(H,23,28). The molecule has 166 valence electrons. The Morgan fingerprint density at radius 1 is 1.22 bits per heavy atom. The second-order valence-corrected chi connectivity index (χ2v) is 8.14. The van der Waals surface area contributed by atoms with Crippen LogP contribution in [-0.4, -0.2) is 44.1 Å². The van der Waals surface area contributed by atoms with Crippen molar-refractivity contribution in [2.24, 2.45) is 0 Å². The average molecular weight is 457 g/mol. The van der Waals surface area contributed by atoms with Crippen LogP contribution in [0.4, 0.5) is 15.8 Å². The second kappa shape index (κ2) is 9.88. The highest BCUT2D eigenvalue weighted by Crippen LogP contribution is 2.28. The molecule has 32 heavy (non-hydrogen) atoms. The van der Waals surface area contributed by atoms with Gasteiger partial charge in [-0.3, -0.25) is 19.5 Å². The molecule has 1 N–H and O–H groups in total. The number of carbonyl (C=O) groups is 1. The number of aromatic nitrogens is 3. The van der Waals surface area contributed by atoms with Crippen molar-refractivity contribution in [1.29, 1.82) is 0 Å². The molecule has 1 amide bonds. The normalized spacial score (nSPS) is 15.6. The Labute approximate surface area is 187 Å². The van der Waals surface area contributed by atoms with Crippen LogP contribution < -0.4 is 5.32 Å². The van der Waals surface area contributed by atoms with Gasteiger partial charge in [0.15, 0.2) is 11.0 Å². The molecule has 0 aliphatic carbocycles. The van der Waals surface area contributed by atoms with Crippen LogP contribution in [0.15, 0.2) is 53.7 Å². The SMILES string of the molecule is O=C(CSc1nnc(-c2ccc([N+](=O)[O-])cc2)n1CC1CCCO1)Nc1ccc(F)cc1. The molecule has 0 spiro atoms. The maximum absolute atomic E-state index is 13.0. The molecule has 1 saturated heterocycles. The Hall–Kier alpha value is -3.31. The number of carbonyl (C=O) groups excluding carboxylic acids is 1. The lowest BCUT2D eigenvalue weighted by Crippen LogP contribution is -2.18. The Morgan fingerprint density at radius 3 is 2.62 bits per heavy atom. The van der Waals surface area contributed by atoms with Crippen LogP contribution in [0.25, 0.3) is 11.4 Å². The fourth-order valence-corrected chi connectivity index (χ4v) is 4.11. The Bertz CT molecular complexity index is 1100. The molecule has 2 heterocycles. The molecule has 1 atom stereocenters. The first-order chi connectivity index (χ1) is 15.5. The summed E-state index contributed by atoms with van der Waals surface area (Å²) < 4.78 is 20.7. The number of thioether (sulfide) groups is 1. The number of ether oxygens (including phenoxy) is 1. The molecule has 0 radical (unpaired) electrons. The van der Waals surface area contributed by atoms with Crippen molar-refractivity contribution in [2.75, 3.05) is 17.7 Å². The zero-order valence-corrected chi connectivity index (χ0v) is 17.8. The number of amides is 1. The predicted octanol–water partition coefficient (Wildman–Crippen LogP) is 3.90. The van der Waals surface area contributed by atoms with Gasteiger partial charge in [0.05, 0.1) is 23.3 Å². The second-order valence-electron chi connectivity index (χ2n) is 7.20. The van der Waals surface area contributed by atoms with Crippen LogP contribution in [0.2, 0.25) is 0 Å². The molecule has 4 rings (SSSR count). The third-order valence-electron chi connectivity index (χ3n) is 4.92. The minimum absolute atomic E-state index is 0.00833. The maximum atomic E-state index is 13.0. The van der Waals surface area contributed by atoms with Crippen LogP contribution in [0.1, 0.15) is 12.8 Å². The van der Waals surface area contributed by atoms with Gasteiger partial charge in [-0.25, -0.2) is 4.39 Å². The number of non-ortho nitro benzene ring substituents is 1. The molecule has 1 aromatic heterocycles. The molecule has 1 fully saturated rings. The first-order valence-electron chi connectivity index (χ1n) is 9.97. The highest BCUT2D eigenvalue weighted by molar-refractivity contribution is 7.99. The molecule has 2 aromatic carbocycles. The van der Waals surface area contributed by atoms with Crippen molar-refractivity contribution in [2.45, 2.75) is 30.6 Å². The van der Waals surface area contributed by atoms with Crippen molar-refractivity contribution in [3.8, 4) is 11.4 Å². The highest BCUT2D eigenvalue weighted by Gasteiger charge is 2.22. The van der Waals surface area contributed by atoms with Crippen molar-refractivity contribution in [3.05, 3.63) is 64.5 Å². The van der Waals surface area contributed by atoms with Gasteiger partial charge in [0, 0.05) is 30.0 Å². The minimum Gasteiger partial charge on any atom is -0.376 e. The molecule has 1 aliphatic heterocycles. The largest absolute Gasteiger partial charge is 0.376 e. The molecular formula is C21H20FN5O4S. The van der Waals surface area contributed by atoms with Crippen molar-refractivity contribution >= 4 is 29.0 Å². The van der Waals surface area contributed by atoms with E-state index in [1.54, 1.807) is 12.1 Å². The van der Waals surface area contributed by atoms with E-state index in [4.69, 9.17) is 4.74 Å². The van der Waals surface area contributed by atoms with Gasteiger partial charge in [-0.2, -0.15) is 0 Å². The number of nitro groups is 1. The maximum Gasteiger partial charge on any atom is 0.269 e. The van der Waals surface area contributed by atoms with Crippen LogP contribution in [0, 0.1) is 15.9 Å². The number of benzene rings is 2. The number of nitro benzene ring substituents is 1. The van der Waals surface area contributed by atoms with Crippen molar-refractivity contribution in [1.82, 2.24) is 14.8 Å². The van der Waals surface area contributed by atoms with Gasteiger partial charge in [-0.1, -0.05) is 11.8 Å². The minimum atomic E-state index is -0.456. The number of hydrogen-bond donors (Lipinski definition) is 1. The number of nitrogens with one attached hydrogen (secondary N) is 1. The number of rotatable bonds is 8. The molecule has 3 aromatic rings. The number of halogens is 1. The summed E-state index contributed by atoms with van der Waals surface area (Å²) in [5.74, 6) is 0.00164. The Kier molecular flexibility index (Phi) is 6.76. The number of hydrogen-bond acceptors (Lipinski definition) is 7. The van der Waals surface area contributed by atoms with Gasteiger partial charge in [-0.05, 0) is 49.2 Å². The summed E-state index contributed by atoms with van der Waals surface area (Å²) in [5, 5.41) is 22.7. The zero-order chi connectivity index (χ0) is 22.5. The summed E-state index contributed by atoms with van der Waals surface area (Å²) in [7, 11) is 0. The zero-order valence-electron chi connectivity index (χ0n) is 16.9. The molecule has 1 unspecified atom stereocenters. The summed E-state index contributed by atoms with van der Waals surface area (Å²) >= 11 is 1.22. The van der Waals surface area contributed by atoms with Gasteiger partial charge in [0.25, 0.3) is 5.69 Å². The first kappa shape index (κ1) is 21.9. The van der Waals surface area contributed by atoms with E-state index in [2.05, 4.69) is 15.5 Å². The van der Waals surface area contributed by atoms with Gasteiger partial charge in [0.2, 0.25) is 5.91 Å². The summed E-state index contributed by atoms with van der Waals surface area (Å²) in [6, 6.07) is 11.6. The van der Waals surface area contributed by atoms with E-state index in [0.717, 1.165) is 12.8 Å². The quantitative estimate of drug-likeness (QED) is 0.310. The van der Waals surface area contributed by atoms with Gasteiger partial charge >= 0.3 is 0 Å². The van der Waals surface area contributed by atoms with E-state index in [1.807, 2.05) is 4.57 Å². The Balaban J connectivity index is 1.51. The van der Waals surface area contributed by atoms with Crippen LogP contribution in [-0.2, 0) is 16.1 Å². The van der Waals surface area contributed by atoms with E-state index in [9.17, 15) is 19.3 Å². The van der Waals surface area contributed by atoms with Crippen molar-refractivity contribution < 1.29 is 18.8 Å². The van der Waals surface area contributed by atoms with Crippen LogP contribution >= 0.6 is 11.8 Å². The summed E-state index contributed by atoms with van der Waals surface area (Å²) in [5.41, 5.74) is 1.18. The van der Waals surface area contributed by atoms with Gasteiger partial charge in [0.1, 0.15) is 5.82 Å². The predicted molar refractivity (Wildman–Crippen MR) is 117 cm³/mol. The highest BCUT2D eigenvalue weighted by atomic mass is 32.2. The van der Waals surface area contributed by atoms with E-state index in [0.29, 0.717) is 35.4 Å². The number of anilines is 1. The third-order valence-corrected chi connectivity index (χ3v) is 5.89. The molecule has 1 aliphatic rings.